The molecule has 0 bridgehead atoms. The maximum absolute atomic E-state index is 12.3. The number of β-lactam (4-membered cyclic amide) rings is 1. The summed E-state index contributed by atoms with van der Waals surface area (Å²) in [4.78, 5) is 38.4. The van der Waals surface area contributed by atoms with Gasteiger partial charge in [-0.2, -0.15) is 0 Å². The molecule has 5 atom stereocenters. The van der Waals surface area contributed by atoms with Crippen molar-refractivity contribution in [2.24, 2.45) is 17.6 Å². The SMILES string of the molecule is C[C@@H](O)[C@H]1C(=O)N2C(C(=O)O)=C(CN3CC[C@H](NC(N)=O)C3)[C@H](C)[C@H]12. The lowest BCUT2D eigenvalue weighted by molar-refractivity contribution is -0.163. The van der Waals surface area contributed by atoms with E-state index in [0.29, 0.717) is 25.2 Å². The highest BCUT2D eigenvalue weighted by molar-refractivity contribution is 6.00. The molecule has 9 heteroatoms. The molecule has 3 amide bonds. The summed E-state index contributed by atoms with van der Waals surface area (Å²) in [6, 6.07) is -0.913. The minimum atomic E-state index is -1.12. The van der Waals surface area contributed by atoms with Crippen LogP contribution in [-0.2, 0) is 9.59 Å². The Morgan fingerprint density at radius 1 is 1.44 bits per heavy atom. The maximum Gasteiger partial charge on any atom is 0.352 e. The number of urea groups is 1. The second-order valence-corrected chi connectivity index (χ2v) is 7.16. The van der Waals surface area contributed by atoms with Gasteiger partial charge in [0, 0.05) is 31.6 Å². The van der Waals surface area contributed by atoms with Crippen LogP contribution in [0.2, 0.25) is 0 Å². The van der Waals surface area contributed by atoms with Crippen LogP contribution in [0.1, 0.15) is 20.3 Å². The molecular weight excluding hydrogens is 328 g/mol. The first-order valence-electron chi connectivity index (χ1n) is 8.48. The van der Waals surface area contributed by atoms with Crippen molar-refractivity contribution in [2.45, 2.75) is 38.5 Å². The van der Waals surface area contributed by atoms with Crippen molar-refractivity contribution >= 4 is 17.9 Å². The van der Waals surface area contributed by atoms with Gasteiger partial charge in [-0.15, -0.1) is 0 Å². The monoisotopic (exact) mass is 352 g/mol. The molecule has 0 unspecified atom stereocenters. The number of nitrogens with zero attached hydrogens (tertiary/aromatic N) is 2. The Kier molecular flexibility index (Phi) is 4.46. The molecule has 138 valence electrons. The van der Waals surface area contributed by atoms with E-state index in [4.69, 9.17) is 5.73 Å². The molecule has 0 spiro atoms. The number of aliphatic carboxylic acids is 1. The van der Waals surface area contributed by atoms with Crippen molar-refractivity contribution in [1.82, 2.24) is 15.1 Å². The van der Waals surface area contributed by atoms with Gasteiger partial charge >= 0.3 is 12.0 Å². The van der Waals surface area contributed by atoms with E-state index in [-0.39, 0.29) is 29.6 Å². The quantitative estimate of drug-likeness (QED) is 0.465. The predicted molar refractivity (Wildman–Crippen MR) is 87.2 cm³/mol. The molecule has 3 heterocycles. The summed E-state index contributed by atoms with van der Waals surface area (Å²) in [7, 11) is 0. The van der Waals surface area contributed by atoms with Crippen molar-refractivity contribution in [1.29, 1.82) is 0 Å². The first-order valence-corrected chi connectivity index (χ1v) is 8.48. The zero-order valence-corrected chi connectivity index (χ0v) is 14.3. The van der Waals surface area contributed by atoms with Crippen LogP contribution in [-0.4, -0.2) is 75.7 Å². The Labute approximate surface area is 145 Å². The Bertz CT molecular complexity index is 646. The number of hydrogen-bond acceptors (Lipinski definition) is 5. The molecule has 3 rings (SSSR count). The number of carboxylic acid groups (broad SMARTS) is 1. The molecule has 2 fully saturated rings. The van der Waals surface area contributed by atoms with Crippen molar-refractivity contribution in [3.63, 3.8) is 0 Å². The predicted octanol–water partition coefficient (Wildman–Crippen LogP) is -1.07. The van der Waals surface area contributed by atoms with Crippen LogP contribution in [0.25, 0.3) is 0 Å². The molecule has 9 nitrogen and oxygen atoms in total. The topological polar surface area (TPSA) is 136 Å². The summed E-state index contributed by atoms with van der Waals surface area (Å²) >= 11 is 0. The van der Waals surface area contributed by atoms with E-state index in [0.717, 1.165) is 6.42 Å². The van der Waals surface area contributed by atoms with Gasteiger partial charge < -0.3 is 26.2 Å². The molecule has 2 saturated heterocycles. The highest BCUT2D eigenvalue weighted by Gasteiger charge is 2.59. The Morgan fingerprint density at radius 2 is 2.12 bits per heavy atom. The number of fused-ring (bicyclic) bond motifs is 1. The fourth-order valence-electron chi connectivity index (χ4n) is 4.39. The summed E-state index contributed by atoms with van der Waals surface area (Å²) in [6.07, 6.45) is -0.0587. The number of aliphatic hydroxyl groups is 1. The fourth-order valence-corrected chi connectivity index (χ4v) is 4.39. The molecule has 25 heavy (non-hydrogen) atoms. The van der Waals surface area contributed by atoms with Crippen molar-refractivity contribution in [3.05, 3.63) is 11.3 Å². The van der Waals surface area contributed by atoms with E-state index in [9.17, 15) is 24.6 Å². The van der Waals surface area contributed by atoms with Gasteiger partial charge in [0.2, 0.25) is 5.91 Å². The number of aliphatic hydroxyl groups excluding tert-OH is 1. The number of carbonyl (C=O) groups is 3. The highest BCUT2D eigenvalue weighted by Crippen LogP contribution is 2.47. The second-order valence-electron chi connectivity index (χ2n) is 7.16. The lowest BCUT2D eigenvalue weighted by Gasteiger charge is -2.46. The number of carboxylic acids is 1. The number of nitrogens with one attached hydrogen (secondary N) is 1. The largest absolute Gasteiger partial charge is 0.477 e. The van der Waals surface area contributed by atoms with Crippen LogP contribution < -0.4 is 11.1 Å². The third-order valence-corrected chi connectivity index (χ3v) is 5.53. The van der Waals surface area contributed by atoms with Gasteiger partial charge in [0.1, 0.15) is 5.70 Å². The number of carbonyl (C=O) groups excluding carboxylic acids is 2. The zero-order valence-electron chi connectivity index (χ0n) is 14.3. The Balaban J connectivity index is 1.77. The zero-order chi connectivity index (χ0) is 18.5. The molecule has 0 radical (unpaired) electrons. The number of nitrogens with two attached hydrogens (primary N) is 1. The first kappa shape index (κ1) is 17.7. The van der Waals surface area contributed by atoms with Gasteiger partial charge in [-0.3, -0.25) is 9.69 Å². The summed E-state index contributed by atoms with van der Waals surface area (Å²) < 4.78 is 0. The lowest BCUT2D eigenvalue weighted by atomic mass is 9.77. The molecule has 3 aliphatic rings. The molecular formula is C16H24N4O5. The third-order valence-electron chi connectivity index (χ3n) is 5.53. The summed E-state index contributed by atoms with van der Waals surface area (Å²) in [5.74, 6) is -2.13. The summed E-state index contributed by atoms with van der Waals surface area (Å²) in [5, 5.41) is 22.1. The molecule has 0 aliphatic carbocycles. The maximum atomic E-state index is 12.3. The van der Waals surface area contributed by atoms with Crippen molar-refractivity contribution in [2.75, 3.05) is 19.6 Å². The van der Waals surface area contributed by atoms with Crippen LogP contribution >= 0.6 is 0 Å². The van der Waals surface area contributed by atoms with Crippen molar-refractivity contribution in [3.8, 4) is 0 Å². The average molecular weight is 352 g/mol. The Hall–Kier alpha value is -2.13. The molecule has 5 N–H and O–H groups in total. The Morgan fingerprint density at radius 3 is 2.68 bits per heavy atom. The van der Waals surface area contributed by atoms with Crippen molar-refractivity contribution < 1.29 is 24.6 Å². The van der Waals surface area contributed by atoms with Gasteiger partial charge in [-0.1, -0.05) is 6.92 Å². The van der Waals surface area contributed by atoms with E-state index in [1.54, 1.807) is 6.92 Å². The van der Waals surface area contributed by atoms with E-state index in [1.165, 1.54) is 4.90 Å². The smallest absolute Gasteiger partial charge is 0.352 e. The third kappa shape index (κ3) is 2.87. The van der Waals surface area contributed by atoms with Gasteiger partial charge in [0.05, 0.1) is 18.1 Å². The van der Waals surface area contributed by atoms with Crippen LogP contribution in [0.3, 0.4) is 0 Å². The van der Waals surface area contributed by atoms with E-state index in [2.05, 4.69) is 10.2 Å². The van der Waals surface area contributed by atoms with Crippen LogP contribution in [0.4, 0.5) is 4.79 Å². The number of likely N-dealkylation sites (tertiary alicyclic amines) is 1. The van der Waals surface area contributed by atoms with Crippen LogP contribution in [0.5, 0.6) is 0 Å². The van der Waals surface area contributed by atoms with Gasteiger partial charge in [0.25, 0.3) is 0 Å². The summed E-state index contributed by atoms with van der Waals surface area (Å²) in [5.41, 5.74) is 5.89. The average Bonchev–Trinajstić information content (AvgIpc) is 3.01. The van der Waals surface area contributed by atoms with Gasteiger partial charge in [-0.25, -0.2) is 9.59 Å². The molecule has 0 aromatic carbocycles. The number of primary amides is 1. The van der Waals surface area contributed by atoms with Gasteiger partial charge in [0.15, 0.2) is 0 Å². The van der Waals surface area contributed by atoms with E-state index < -0.39 is 24.0 Å². The second kappa shape index (κ2) is 6.30. The van der Waals surface area contributed by atoms with Crippen LogP contribution in [0.15, 0.2) is 11.3 Å². The normalized spacial score (nSPS) is 33.2. The molecule has 0 saturated carbocycles. The highest BCUT2D eigenvalue weighted by atomic mass is 16.4. The molecule has 3 aliphatic heterocycles. The standard InChI is InChI=1S/C16H24N4O5/c1-7-10(6-19-4-3-9(5-19)18-16(17)25)13(15(23)24)20-12(7)11(8(2)21)14(20)22/h7-9,11-12,21H,3-6H2,1-2H3,(H,23,24)(H3,17,18,25)/t7-,8+,9-,11+,12+/m0/s1. The number of rotatable bonds is 5. The number of amides is 3. The molecule has 0 aromatic heterocycles. The minimum Gasteiger partial charge on any atom is -0.477 e. The lowest BCUT2D eigenvalue weighted by Crippen LogP contribution is -2.63. The summed E-state index contributed by atoms with van der Waals surface area (Å²) in [6.45, 7) is 5.19. The van der Waals surface area contributed by atoms with E-state index in [1.807, 2.05) is 6.92 Å². The van der Waals surface area contributed by atoms with Gasteiger partial charge in [-0.05, 0) is 18.9 Å². The van der Waals surface area contributed by atoms with Crippen LogP contribution in [0, 0.1) is 11.8 Å². The number of hydrogen-bond donors (Lipinski definition) is 4. The van der Waals surface area contributed by atoms with E-state index >= 15 is 0 Å². The first-order chi connectivity index (χ1) is 11.7. The molecule has 0 aromatic rings. The minimum absolute atomic E-state index is 0.0470. The fraction of sp³-hybridized carbons (Fsp3) is 0.688.